The maximum Gasteiger partial charge on any atom is 0.138 e. The van der Waals surface area contributed by atoms with Crippen molar-refractivity contribution in [2.75, 3.05) is 0 Å². The van der Waals surface area contributed by atoms with Gasteiger partial charge >= 0.3 is 0 Å². The van der Waals surface area contributed by atoms with E-state index in [2.05, 4.69) is 161 Å². The van der Waals surface area contributed by atoms with E-state index in [0.29, 0.717) is 0 Å². The topological polar surface area (TPSA) is 22.8 Å². The predicted octanol–water partition coefficient (Wildman–Crippen LogP) is 11.3. The Balaban J connectivity index is 1.33. The molecular weight excluding hydrogens is 567 g/mol. The van der Waals surface area contributed by atoms with Crippen LogP contribution < -0.4 is 0 Å². The Labute approximate surface area is 262 Å². The molecule has 45 heavy (non-hydrogen) atoms. The Morgan fingerprint density at radius 1 is 0.400 bits per heavy atom. The third-order valence-electron chi connectivity index (χ3n) is 9.14. The van der Waals surface area contributed by atoms with Crippen LogP contribution in [0.1, 0.15) is 0 Å². The van der Waals surface area contributed by atoms with E-state index in [9.17, 15) is 0 Å². The number of pyridine rings is 1. The average Bonchev–Trinajstić information content (AvgIpc) is 3.76. The molecule has 0 unspecified atom stereocenters. The lowest BCUT2D eigenvalue weighted by atomic mass is 10.1. The van der Waals surface area contributed by atoms with Crippen molar-refractivity contribution in [3.63, 3.8) is 0 Å². The van der Waals surface area contributed by atoms with Crippen LogP contribution >= 0.6 is 11.3 Å². The van der Waals surface area contributed by atoms with Crippen molar-refractivity contribution in [2.24, 2.45) is 0 Å². The van der Waals surface area contributed by atoms with E-state index >= 15 is 0 Å². The van der Waals surface area contributed by atoms with Gasteiger partial charge in [0.05, 0.1) is 32.3 Å². The van der Waals surface area contributed by atoms with Crippen LogP contribution in [0.25, 0.3) is 86.5 Å². The lowest BCUT2D eigenvalue weighted by Gasteiger charge is -2.13. The molecule has 0 radical (unpaired) electrons. The largest absolute Gasteiger partial charge is 0.307 e. The molecular formula is C41H25N3S. The zero-order chi connectivity index (χ0) is 29.5. The second-order valence-corrected chi connectivity index (χ2v) is 12.7. The number of hydrogen-bond donors (Lipinski definition) is 0. The molecule has 0 spiro atoms. The van der Waals surface area contributed by atoms with Crippen molar-refractivity contribution in [1.82, 2.24) is 14.1 Å². The normalized spacial score (nSPS) is 12.0. The van der Waals surface area contributed by atoms with E-state index < -0.39 is 0 Å². The minimum absolute atomic E-state index is 0.931. The van der Waals surface area contributed by atoms with Crippen LogP contribution in [0.5, 0.6) is 0 Å². The second-order valence-electron chi connectivity index (χ2n) is 11.6. The molecule has 0 saturated carbocycles. The number of thiophene rings is 1. The van der Waals surface area contributed by atoms with Gasteiger partial charge < -0.3 is 4.57 Å². The molecule has 0 aliphatic heterocycles. The SMILES string of the molecule is c1ccc(-c2ccc(-n3c4ccccc4c4ccc5c6ccccc6n(-c6ccc7sc8ccccc8c7n6)c5c43)cc2)cc1. The highest BCUT2D eigenvalue weighted by atomic mass is 32.1. The Morgan fingerprint density at radius 2 is 0.978 bits per heavy atom. The summed E-state index contributed by atoms with van der Waals surface area (Å²) < 4.78 is 7.29. The van der Waals surface area contributed by atoms with Crippen molar-refractivity contribution in [3.05, 3.63) is 152 Å². The smallest absolute Gasteiger partial charge is 0.138 e. The zero-order valence-electron chi connectivity index (χ0n) is 24.2. The summed E-state index contributed by atoms with van der Waals surface area (Å²) in [6.45, 7) is 0. The molecule has 3 nitrogen and oxygen atoms in total. The lowest BCUT2D eigenvalue weighted by molar-refractivity contribution is 1.10. The fourth-order valence-electron chi connectivity index (χ4n) is 7.15. The van der Waals surface area contributed by atoms with Crippen molar-refractivity contribution in [1.29, 1.82) is 0 Å². The van der Waals surface area contributed by atoms with Gasteiger partial charge in [0.15, 0.2) is 0 Å². The summed E-state index contributed by atoms with van der Waals surface area (Å²) in [5.74, 6) is 0.931. The molecule has 4 heteroatoms. The van der Waals surface area contributed by atoms with E-state index in [0.717, 1.165) is 22.5 Å². The lowest BCUT2D eigenvalue weighted by Crippen LogP contribution is -2.00. The van der Waals surface area contributed by atoms with Gasteiger partial charge in [-0.2, -0.15) is 0 Å². The summed E-state index contributed by atoms with van der Waals surface area (Å²) in [5, 5.41) is 6.13. The number of aromatic nitrogens is 3. The molecule has 0 aliphatic rings. The summed E-state index contributed by atoms with van der Waals surface area (Å²) in [5.41, 5.74) is 9.33. The highest BCUT2D eigenvalue weighted by molar-refractivity contribution is 7.25. The van der Waals surface area contributed by atoms with Crippen LogP contribution in [-0.2, 0) is 0 Å². The van der Waals surface area contributed by atoms with Crippen LogP contribution in [0.2, 0.25) is 0 Å². The highest BCUT2D eigenvalue weighted by Crippen LogP contribution is 2.42. The summed E-state index contributed by atoms with van der Waals surface area (Å²) >= 11 is 1.80. The summed E-state index contributed by atoms with van der Waals surface area (Å²) in [6, 6.07) is 54.6. The maximum absolute atomic E-state index is 5.38. The monoisotopic (exact) mass is 591 g/mol. The third-order valence-corrected chi connectivity index (χ3v) is 10.3. The van der Waals surface area contributed by atoms with Gasteiger partial charge in [0.25, 0.3) is 0 Å². The minimum Gasteiger partial charge on any atom is -0.307 e. The zero-order valence-corrected chi connectivity index (χ0v) is 25.0. The van der Waals surface area contributed by atoms with Crippen molar-refractivity contribution >= 4 is 75.3 Å². The van der Waals surface area contributed by atoms with E-state index in [4.69, 9.17) is 4.98 Å². The first-order chi connectivity index (χ1) is 22.3. The fourth-order valence-corrected chi connectivity index (χ4v) is 8.19. The van der Waals surface area contributed by atoms with Gasteiger partial charge in [0.1, 0.15) is 5.82 Å². The van der Waals surface area contributed by atoms with Gasteiger partial charge in [-0.3, -0.25) is 4.57 Å². The fraction of sp³-hybridized carbons (Fsp3) is 0. The van der Waals surface area contributed by atoms with E-state index in [1.807, 2.05) is 0 Å². The Hall–Kier alpha value is -5.71. The Kier molecular flexibility index (Phi) is 5.16. The molecule has 0 fully saturated rings. The Morgan fingerprint density at radius 3 is 1.71 bits per heavy atom. The number of hydrogen-bond acceptors (Lipinski definition) is 2. The van der Waals surface area contributed by atoms with Crippen molar-refractivity contribution in [3.8, 4) is 22.6 Å². The van der Waals surface area contributed by atoms with Crippen LogP contribution in [0, 0.1) is 0 Å². The van der Waals surface area contributed by atoms with Gasteiger partial charge in [0.2, 0.25) is 0 Å². The third kappa shape index (κ3) is 3.54. The molecule has 0 bridgehead atoms. The molecule has 6 aromatic carbocycles. The molecule has 210 valence electrons. The summed E-state index contributed by atoms with van der Waals surface area (Å²) in [6.07, 6.45) is 0. The minimum atomic E-state index is 0.931. The van der Waals surface area contributed by atoms with Gasteiger partial charge in [-0.15, -0.1) is 11.3 Å². The summed E-state index contributed by atoms with van der Waals surface area (Å²) in [7, 11) is 0. The van der Waals surface area contributed by atoms with Crippen molar-refractivity contribution < 1.29 is 0 Å². The standard InChI is InChI=1S/C41H25N3S/c1-2-10-26(11-3-1)27-18-20-28(21-19-27)43-34-15-7-4-12-29(34)31-22-23-32-30-13-5-8-16-35(30)44(41(32)40(31)43)38-25-24-37-39(42-38)33-14-6-9-17-36(33)45-37/h1-25H. The first kappa shape index (κ1) is 24.7. The molecule has 0 saturated heterocycles. The molecule has 0 atom stereocenters. The predicted molar refractivity (Wildman–Crippen MR) is 191 cm³/mol. The van der Waals surface area contributed by atoms with Crippen LogP contribution in [0.4, 0.5) is 0 Å². The number of benzene rings is 6. The van der Waals surface area contributed by atoms with E-state index in [1.165, 1.54) is 64.0 Å². The van der Waals surface area contributed by atoms with Crippen LogP contribution in [-0.4, -0.2) is 14.1 Å². The summed E-state index contributed by atoms with van der Waals surface area (Å²) in [4.78, 5) is 5.38. The number of rotatable bonds is 3. The van der Waals surface area contributed by atoms with Gasteiger partial charge in [0, 0.05) is 37.3 Å². The first-order valence-electron chi connectivity index (χ1n) is 15.2. The molecule has 0 amide bonds. The van der Waals surface area contributed by atoms with Crippen LogP contribution in [0.3, 0.4) is 0 Å². The molecule has 0 aliphatic carbocycles. The number of para-hydroxylation sites is 2. The first-order valence-corrected chi connectivity index (χ1v) is 16.0. The van der Waals surface area contributed by atoms with E-state index in [1.54, 1.807) is 11.3 Å². The van der Waals surface area contributed by atoms with Crippen molar-refractivity contribution in [2.45, 2.75) is 0 Å². The van der Waals surface area contributed by atoms with Gasteiger partial charge in [-0.1, -0.05) is 109 Å². The van der Waals surface area contributed by atoms with Gasteiger partial charge in [-0.05, 0) is 53.6 Å². The maximum atomic E-state index is 5.38. The molecule has 0 N–H and O–H groups in total. The van der Waals surface area contributed by atoms with Crippen LogP contribution in [0.15, 0.2) is 152 Å². The molecule has 10 aromatic rings. The molecule has 10 rings (SSSR count). The van der Waals surface area contributed by atoms with Gasteiger partial charge in [-0.25, -0.2) is 4.98 Å². The quantitative estimate of drug-likeness (QED) is 0.200. The number of nitrogens with zero attached hydrogens (tertiary/aromatic N) is 3. The molecule has 4 heterocycles. The Bertz CT molecular complexity index is 2750. The van der Waals surface area contributed by atoms with E-state index in [-0.39, 0.29) is 0 Å². The number of fused-ring (bicyclic) bond motifs is 10. The second kappa shape index (κ2) is 9.39. The molecule has 4 aromatic heterocycles. The highest BCUT2D eigenvalue weighted by Gasteiger charge is 2.22. The average molecular weight is 592 g/mol.